The van der Waals surface area contributed by atoms with E-state index in [1.165, 1.54) is 12.8 Å². The SMILES string of the molecule is CC1(C)CNCC(C)(C)N1C1CC1. The smallest absolute Gasteiger partial charge is 0.0286 e. The lowest BCUT2D eigenvalue weighted by molar-refractivity contribution is -0.0205. The van der Waals surface area contributed by atoms with Crippen LogP contribution in [0, 0.1) is 0 Å². The van der Waals surface area contributed by atoms with Gasteiger partial charge >= 0.3 is 0 Å². The second kappa shape index (κ2) is 2.71. The second-order valence-corrected chi connectivity index (χ2v) is 5.83. The van der Waals surface area contributed by atoms with Crippen LogP contribution >= 0.6 is 0 Å². The highest BCUT2D eigenvalue weighted by Crippen LogP contribution is 2.39. The molecule has 1 heterocycles. The summed E-state index contributed by atoms with van der Waals surface area (Å²) in [7, 11) is 0. The largest absolute Gasteiger partial charge is 0.313 e. The van der Waals surface area contributed by atoms with E-state index in [9.17, 15) is 0 Å². The molecule has 1 N–H and O–H groups in total. The summed E-state index contributed by atoms with van der Waals surface area (Å²) >= 11 is 0. The Kier molecular flexibility index (Phi) is 1.97. The normalized spacial score (nSPS) is 33.2. The minimum Gasteiger partial charge on any atom is -0.313 e. The Hall–Kier alpha value is -0.0800. The summed E-state index contributed by atoms with van der Waals surface area (Å²) in [4.78, 5) is 2.73. The summed E-state index contributed by atoms with van der Waals surface area (Å²) in [6.07, 6.45) is 2.82. The highest BCUT2D eigenvalue weighted by molar-refractivity contribution is 5.05. The fraction of sp³-hybridized carbons (Fsp3) is 1.00. The predicted molar refractivity (Wildman–Crippen MR) is 55.9 cm³/mol. The van der Waals surface area contributed by atoms with Gasteiger partial charge in [0.2, 0.25) is 0 Å². The maximum absolute atomic E-state index is 3.54. The van der Waals surface area contributed by atoms with E-state index in [1.807, 2.05) is 0 Å². The molecular weight excluding hydrogens is 160 g/mol. The van der Waals surface area contributed by atoms with E-state index in [2.05, 4.69) is 37.9 Å². The minimum absolute atomic E-state index is 0.336. The van der Waals surface area contributed by atoms with E-state index in [0.29, 0.717) is 11.1 Å². The average Bonchev–Trinajstić information content (AvgIpc) is 2.66. The molecule has 76 valence electrons. The molecule has 1 saturated carbocycles. The van der Waals surface area contributed by atoms with Gasteiger partial charge in [0.1, 0.15) is 0 Å². The zero-order chi connectivity index (χ0) is 9.69. The first-order chi connectivity index (χ1) is 5.93. The molecule has 0 aromatic carbocycles. The van der Waals surface area contributed by atoms with E-state index in [4.69, 9.17) is 0 Å². The lowest BCUT2D eigenvalue weighted by Gasteiger charge is -2.53. The zero-order valence-electron chi connectivity index (χ0n) is 9.35. The van der Waals surface area contributed by atoms with Gasteiger partial charge in [-0.1, -0.05) is 0 Å². The van der Waals surface area contributed by atoms with Gasteiger partial charge in [0, 0.05) is 30.2 Å². The highest BCUT2D eigenvalue weighted by atomic mass is 15.3. The monoisotopic (exact) mass is 182 g/mol. The Labute approximate surface area is 81.7 Å². The van der Waals surface area contributed by atoms with Crippen LogP contribution in [0.3, 0.4) is 0 Å². The second-order valence-electron chi connectivity index (χ2n) is 5.83. The average molecular weight is 182 g/mol. The number of nitrogens with one attached hydrogen (secondary N) is 1. The van der Waals surface area contributed by atoms with Crippen LogP contribution < -0.4 is 5.32 Å². The molecule has 2 rings (SSSR count). The fourth-order valence-electron chi connectivity index (χ4n) is 2.99. The Morgan fingerprint density at radius 3 is 1.85 bits per heavy atom. The maximum atomic E-state index is 3.54. The van der Waals surface area contributed by atoms with Gasteiger partial charge in [-0.05, 0) is 40.5 Å². The maximum Gasteiger partial charge on any atom is 0.0286 e. The van der Waals surface area contributed by atoms with E-state index < -0.39 is 0 Å². The van der Waals surface area contributed by atoms with Gasteiger partial charge < -0.3 is 5.32 Å². The molecule has 0 aromatic rings. The molecule has 1 aliphatic carbocycles. The van der Waals surface area contributed by atoms with Crippen molar-refractivity contribution in [3.8, 4) is 0 Å². The summed E-state index contributed by atoms with van der Waals surface area (Å²) in [6.45, 7) is 11.7. The molecule has 0 amide bonds. The Morgan fingerprint density at radius 2 is 1.46 bits per heavy atom. The van der Waals surface area contributed by atoms with Crippen molar-refractivity contribution in [2.75, 3.05) is 13.1 Å². The van der Waals surface area contributed by atoms with Crippen molar-refractivity contribution in [1.82, 2.24) is 10.2 Å². The topological polar surface area (TPSA) is 15.3 Å². The fourth-order valence-corrected chi connectivity index (χ4v) is 2.99. The lowest BCUT2D eigenvalue weighted by Crippen LogP contribution is -2.68. The van der Waals surface area contributed by atoms with Gasteiger partial charge in [-0.25, -0.2) is 0 Å². The molecule has 0 bridgehead atoms. The first kappa shape index (κ1) is 9.47. The summed E-state index contributed by atoms with van der Waals surface area (Å²) in [5, 5.41) is 3.54. The van der Waals surface area contributed by atoms with Gasteiger partial charge in [-0.2, -0.15) is 0 Å². The molecule has 13 heavy (non-hydrogen) atoms. The molecule has 1 saturated heterocycles. The molecule has 0 unspecified atom stereocenters. The molecule has 1 aliphatic heterocycles. The summed E-state index contributed by atoms with van der Waals surface area (Å²) in [5.41, 5.74) is 0.672. The molecule has 0 spiro atoms. The van der Waals surface area contributed by atoms with Crippen LogP contribution in [0.15, 0.2) is 0 Å². The van der Waals surface area contributed by atoms with Crippen molar-refractivity contribution in [3.05, 3.63) is 0 Å². The van der Waals surface area contributed by atoms with E-state index in [0.717, 1.165) is 19.1 Å². The third-order valence-electron chi connectivity index (χ3n) is 3.33. The summed E-state index contributed by atoms with van der Waals surface area (Å²) in [6, 6.07) is 0.868. The van der Waals surface area contributed by atoms with Gasteiger partial charge in [0.15, 0.2) is 0 Å². The van der Waals surface area contributed by atoms with Gasteiger partial charge in [-0.3, -0.25) is 4.90 Å². The quantitative estimate of drug-likeness (QED) is 0.663. The van der Waals surface area contributed by atoms with Crippen molar-refractivity contribution in [1.29, 1.82) is 0 Å². The molecule has 0 radical (unpaired) electrons. The van der Waals surface area contributed by atoms with E-state index in [1.54, 1.807) is 0 Å². The number of hydrogen-bond acceptors (Lipinski definition) is 2. The standard InChI is InChI=1S/C11H22N2/c1-10(2)7-12-8-11(3,4)13(10)9-5-6-9/h9,12H,5-8H2,1-4H3. The zero-order valence-corrected chi connectivity index (χ0v) is 9.35. The van der Waals surface area contributed by atoms with Crippen molar-refractivity contribution >= 4 is 0 Å². The third-order valence-corrected chi connectivity index (χ3v) is 3.33. The predicted octanol–water partition coefficient (Wildman–Crippen LogP) is 1.61. The molecule has 2 aliphatic rings. The summed E-state index contributed by atoms with van der Waals surface area (Å²) < 4.78 is 0. The van der Waals surface area contributed by atoms with Gasteiger partial charge in [-0.15, -0.1) is 0 Å². The first-order valence-electron chi connectivity index (χ1n) is 5.44. The third kappa shape index (κ3) is 1.62. The molecule has 0 atom stereocenters. The van der Waals surface area contributed by atoms with E-state index >= 15 is 0 Å². The van der Waals surface area contributed by atoms with Crippen LogP contribution in [0.1, 0.15) is 40.5 Å². The first-order valence-corrected chi connectivity index (χ1v) is 5.44. The highest BCUT2D eigenvalue weighted by Gasteiger charge is 2.48. The van der Waals surface area contributed by atoms with Gasteiger partial charge in [0.05, 0.1) is 0 Å². The molecular formula is C11H22N2. The number of rotatable bonds is 1. The van der Waals surface area contributed by atoms with Crippen LogP contribution in [-0.4, -0.2) is 35.1 Å². The number of nitrogens with zero attached hydrogens (tertiary/aromatic N) is 1. The van der Waals surface area contributed by atoms with Crippen LogP contribution in [0.2, 0.25) is 0 Å². The van der Waals surface area contributed by atoms with Crippen LogP contribution in [0.25, 0.3) is 0 Å². The Morgan fingerprint density at radius 1 is 1.00 bits per heavy atom. The number of hydrogen-bond donors (Lipinski definition) is 1. The summed E-state index contributed by atoms with van der Waals surface area (Å²) in [5.74, 6) is 0. The lowest BCUT2D eigenvalue weighted by atomic mass is 9.88. The van der Waals surface area contributed by atoms with Gasteiger partial charge in [0.25, 0.3) is 0 Å². The van der Waals surface area contributed by atoms with E-state index in [-0.39, 0.29) is 0 Å². The minimum atomic E-state index is 0.336. The van der Waals surface area contributed by atoms with Crippen molar-refractivity contribution in [2.24, 2.45) is 0 Å². The molecule has 2 nitrogen and oxygen atoms in total. The van der Waals surface area contributed by atoms with Crippen molar-refractivity contribution in [3.63, 3.8) is 0 Å². The van der Waals surface area contributed by atoms with Crippen LogP contribution in [0.5, 0.6) is 0 Å². The van der Waals surface area contributed by atoms with Crippen molar-refractivity contribution < 1.29 is 0 Å². The molecule has 2 heteroatoms. The van der Waals surface area contributed by atoms with Crippen LogP contribution in [0.4, 0.5) is 0 Å². The molecule has 2 fully saturated rings. The van der Waals surface area contributed by atoms with Crippen LogP contribution in [-0.2, 0) is 0 Å². The van der Waals surface area contributed by atoms with Crippen molar-refractivity contribution in [2.45, 2.75) is 57.7 Å². The molecule has 0 aromatic heterocycles. The number of piperazine rings is 1. The Bertz CT molecular complexity index is 188. The Balaban J connectivity index is 2.21.